The highest BCUT2D eigenvalue weighted by Crippen LogP contribution is 2.31. The lowest BCUT2D eigenvalue weighted by Crippen LogP contribution is -1.99. The molecule has 0 aliphatic rings. The lowest BCUT2D eigenvalue weighted by Gasteiger charge is -2.10. The van der Waals surface area contributed by atoms with Crippen molar-refractivity contribution in [1.82, 2.24) is 0 Å². The Hall–Kier alpha value is -0.540. The molecular weight excluding hydrogens is 220 g/mol. The molecule has 2 N–H and O–H groups in total. The van der Waals surface area contributed by atoms with E-state index in [1.54, 1.807) is 12.1 Å². The van der Waals surface area contributed by atoms with E-state index in [1.165, 1.54) is 0 Å². The topological polar surface area (TPSA) is 40.5 Å². The van der Waals surface area contributed by atoms with Gasteiger partial charge in [-0.1, -0.05) is 19.1 Å². The third kappa shape index (κ3) is 1.79. The quantitative estimate of drug-likeness (QED) is 0.819. The molecule has 0 aromatic heterocycles. The van der Waals surface area contributed by atoms with Crippen LogP contribution in [0.4, 0.5) is 0 Å². The molecule has 2 nitrogen and oxygen atoms in total. The summed E-state index contributed by atoms with van der Waals surface area (Å²) >= 11 is 3.26. The Morgan fingerprint density at radius 1 is 1.50 bits per heavy atom. The van der Waals surface area contributed by atoms with Crippen LogP contribution in [0.2, 0.25) is 0 Å². The summed E-state index contributed by atoms with van der Waals surface area (Å²) in [4.78, 5) is 0. The van der Waals surface area contributed by atoms with Crippen LogP contribution in [0, 0.1) is 0 Å². The van der Waals surface area contributed by atoms with Crippen LogP contribution in [0.5, 0.6) is 5.75 Å². The number of rotatable bonds is 2. The first-order valence-electron chi connectivity index (χ1n) is 3.75. The zero-order valence-electron chi connectivity index (χ0n) is 6.79. The first kappa shape index (κ1) is 9.55. The molecule has 0 saturated carbocycles. The molecule has 1 aromatic rings. The number of halogens is 1. The maximum atomic E-state index is 9.32. The molecule has 12 heavy (non-hydrogen) atoms. The smallest absolute Gasteiger partial charge is 0.130 e. The van der Waals surface area contributed by atoms with Crippen molar-refractivity contribution in [2.24, 2.45) is 0 Å². The Kier molecular flexibility index (Phi) is 3.12. The summed E-state index contributed by atoms with van der Waals surface area (Å²) in [5, 5.41) is 18.2. The van der Waals surface area contributed by atoms with Gasteiger partial charge in [0.05, 0.1) is 4.47 Å². The zero-order valence-corrected chi connectivity index (χ0v) is 8.37. The molecule has 0 radical (unpaired) electrons. The number of hydrogen-bond acceptors (Lipinski definition) is 2. The maximum absolute atomic E-state index is 9.32. The summed E-state index contributed by atoms with van der Waals surface area (Å²) in [5.74, 6) is 0.263. The van der Waals surface area contributed by atoms with Crippen molar-refractivity contribution in [1.29, 1.82) is 0 Å². The van der Waals surface area contributed by atoms with Gasteiger partial charge in [-0.15, -0.1) is 0 Å². The zero-order chi connectivity index (χ0) is 9.14. The monoisotopic (exact) mass is 230 g/mol. The van der Waals surface area contributed by atoms with Crippen molar-refractivity contribution in [3.05, 3.63) is 28.2 Å². The SMILES string of the molecule is CC(CO)c1cccc(O)c1Br. The number of hydrogen-bond donors (Lipinski definition) is 2. The van der Waals surface area contributed by atoms with Gasteiger partial charge >= 0.3 is 0 Å². The molecule has 0 bridgehead atoms. The molecule has 1 rings (SSSR count). The van der Waals surface area contributed by atoms with Crippen LogP contribution < -0.4 is 0 Å². The Morgan fingerprint density at radius 3 is 2.75 bits per heavy atom. The third-order valence-electron chi connectivity index (χ3n) is 1.81. The molecule has 0 aliphatic carbocycles. The second-order valence-electron chi connectivity index (χ2n) is 2.76. The van der Waals surface area contributed by atoms with Gasteiger partial charge in [-0.05, 0) is 27.6 Å². The summed E-state index contributed by atoms with van der Waals surface area (Å²) in [6.45, 7) is 1.99. The van der Waals surface area contributed by atoms with E-state index in [4.69, 9.17) is 5.11 Å². The Labute approximate surface area is 80.0 Å². The first-order chi connectivity index (χ1) is 5.66. The van der Waals surface area contributed by atoms with Crippen molar-refractivity contribution in [2.75, 3.05) is 6.61 Å². The summed E-state index contributed by atoms with van der Waals surface area (Å²) in [5.41, 5.74) is 0.928. The Balaban J connectivity index is 3.07. The van der Waals surface area contributed by atoms with Crippen LogP contribution in [0.15, 0.2) is 22.7 Å². The number of aliphatic hydroxyl groups is 1. The van der Waals surface area contributed by atoms with Crippen LogP contribution >= 0.6 is 15.9 Å². The van der Waals surface area contributed by atoms with E-state index in [1.807, 2.05) is 13.0 Å². The molecule has 1 atom stereocenters. The number of benzene rings is 1. The van der Waals surface area contributed by atoms with Gasteiger partial charge < -0.3 is 10.2 Å². The lowest BCUT2D eigenvalue weighted by molar-refractivity contribution is 0.272. The van der Waals surface area contributed by atoms with Crippen LogP contribution in [0.1, 0.15) is 18.4 Å². The lowest BCUT2D eigenvalue weighted by atomic mass is 10.0. The largest absolute Gasteiger partial charge is 0.507 e. The van der Waals surface area contributed by atoms with E-state index < -0.39 is 0 Å². The van der Waals surface area contributed by atoms with Crippen molar-refractivity contribution in [3.63, 3.8) is 0 Å². The van der Waals surface area contributed by atoms with Gasteiger partial charge in [0.25, 0.3) is 0 Å². The number of aliphatic hydroxyl groups excluding tert-OH is 1. The number of phenols is 1. The highest BCUT2D eigenvalue weighted by Gasteiger charge is 2.10. The van der Waals surface area contributed by atoms with Crippen molar-refractivity contribution < 1.29 is 10.2 Å². The minimum Gasteiger partial charge on any atom is -0.507 e. The van der Waals surface area contributed by atoms with Gasteiger partial charge in [0.1, 0.15) is 5.75 Å². The highest BCUT2D eigenvalue weighted by atomic mass is 79.9. The highest BCUT2D eigenvalue weighted by molar-refractivity contribution is 9.10. The molecule has 0 fully saturated rings. The van der Waals surface area contributed by atoms with E-state index >= 15 is 0 Å². The standard InChI is InChI=1S/C9H11BrO2/c1-6(5-11)7-3-2-4-8(12)9(7)10/h2-4,6,11-12H,5H2,1H3. The molecule has 0 heterocycles. The van der Waals surface area contributed by atoms with Gasteiger partial charge in [0.15, 0.2) is 0 Å². The van der Waals surface area contributed by atoms with E-state index in [0.717, 1.165) is 5.56 Å². The Morgan fingerprint density at radius 2 is 2.17 bits per heavy atom. The van der Waals surface area contributed by atoms with Crippen LogP contribution in [0.25, 0.3) is 0 Å². The van der Waals surface area contributed by atoms with E-state index in [0.29, 0.717) is 4.47 Å². The van der Waals surface area contributed by atoms with Gasteiger partial charge in [0.2, 0.25) is 0 Å². The number of aromatic hydroxyl groups is 1. The maximum Gasteiger partial charge on any atom is 0.130 e. The van der Waals surface area contributed by atoms with Crippen molar-refractivity contribution in [3.8, 4) is 5.75 Å². The van der Waals surface area contributed by atoms with Crippen LogP contribution in [-0.2, 0) is 0 Å². The average Bonchev–Trinajstić information content (AvgIpc) is 2.08. The molecule has 1 unspecified atom stereocenters. The normalized spacial score (nSPS) is 12.9. The van der Waals surface area contributed by atoms with Crippen molar-refractivity contribution >= 4 is 15.9 Å². The van der Waals surface area contributed by atoms with Crippen LogP contribution in [0.3, 0.4) is 0 Å². The molecule has 0 aliphatic heterocycles. The molecule has 66 valence electrons. The summed E-state index contributed by atoms with van der Waals surface area (Å²) in [6.07, 6.45) is 0. The minimum atomic E-state index is 0.0477. The fraction of sp³-hybridized carbons (Fsp3) is 0.333. The molecular formula is C9H11BrO2. The second kappa shape index (κ2) is 3.92. The van der Waals surface area contributed by atoms with Gasteiger partial charge in [-0.2, -0.15) is 0 Å². The Bertz CT molecular complexity index is 273. The summed E-state index contributed by atoms with van der Waals surface area (Å²) < 4.78 is 0.673. The minimum absolute atomic E-state index is 0.0477. The van der Waals surface area contributed by atoms with Gasteiger partial charge in [0, 0.05) is 12.5 Å². The van der Waals surface area contributed by atoms with Crippen molar-refractivity contribution in [2.45, 2.75) is 12.8 Å². The molecule has 0 amide bonds. The van der Waals surface area contributed by atoms with Crippen LogP contribution in [-0.4, -0.2) is 16.8 Å². The fourth-order valence-corrected chi connectivity index (χ4v) is 1.67. The first-order valence-corrected chi connectivity index (χ1v) is 4.54. The average molecular weight is 231 g/mol. The molecule has 0 saturated heterocycles. The van der Waals surface area contributed by atoms with E-state index in [9.17, 15) is 5.11 Å². The second-order valence-corrected chi connectivity index (χ2v) is 3.56. The fourth-order valence-electron chi connectivity index (χ4n) is 1.02. The summed E-state index contributed by atoms with van der Waals surface area (Å²) in [7, 11) is 0. The van der Waals surface area contributed by atoms with E-state index in [2.05, 4.69) is 15.9 Å². The van der Waals surface area contributed by atoms with E-state index in [-0.39, 0.29) is 18.3 Å². The third-order valence-corrected chi connectivity index (χ3v) is 2.68. The van der Waals surface area contributed by atoms with Gasteiger partial charge in [-0.25, -0.2) is 0 Å². The number of phenolic OH excluding ortho intramolecular Hbond substituents is 1. The van der Waals surface area contributed by atoms with Gasteiger partial charge in [-0.3, -0.25) is 0 Å². The predicted octanol–water partition coefficient (Wildman–Crippen LogP) is 2.25. The molecule has 0 spiro atoms. The molecule has 1 aromatic carbocycles. The predicted molar refractivity (Wildman–Crippen MR) is 51.3 cm³/mol. The summed E-state index contributed by atoms with van der Waals surface area (Å²) in [6, 6.07) is 5.25. The molecule has 3 heteroatoms.